The fraction of sp³-hybridized carbons (Fsp3) is 0.800. The van der Waals surface area contributed by atoms with Gasteiger partial charge in [-0.3, -0.25) is 0 Å². The van der Waals surface area contributed by atoms with Crippen LogP contribution in [0, 0.1) is 6.92 Å². The van der Waals surface area contributed by atoms with Crippen LogP contribution in [0.3, 0.4) is 0 Å². The minimum Gasteiger partial charge on any atom is -0.231 e. The molecule has 0 aliphatic rings. The Morgan fingerprint density at radius 3 is 1.55 bits per heavy atom. The first-order chi connectivity index (χ1) is 4.72. The van der Waals surface area contributed by atoms with Crippen LogP contribution in [-0.2, 0) is 0 Å². The van der Waals surface area contributed by atoms with E-state index < -0.39 is 24.7 Å². The summed E-state index contributed by atoms with van der Waals surface area (Å²) in [7, 11) is 0. The lowest BCUT2D eigenvalue weighted by Gasteiger charge is -2.20. The van der Waals surface area contributed by atoms with Crippen LogP contribution in [0.15, 0.2) is 0 Å². The second-order valence-electron chi connectivity index (χ2n) is 1.92. The lowest BCUT2D eigenvalue weighted by atomic mass is 10.1. The van der Waals surface area contributed by atoms with Gasteiger partial charge < -0.3 is 0 Å². The summed E-state index contributed by atoms with van der Waals surface area (Å²) in [5.41, 5.74) is 0. The van der Waals surface area contributed by atoms with Crippen molar-refractivity contribution in [2.75, 3.05) is 0 Å². The average molecular weight is 179 g/mol. The highest BCUT2D eigenvalue weighted by atomic mass is 19.4. The van der Waals surface area contributed by atoms with Crippen molar-refractivity contribution in [2.24, 2.45) is 0 Å². The molecule has 0 aromatic carbocycles. The lowest BCUT2D eigenvalue weighted by molar-refractivity contribution is -0.243. The fourth-order valence-electron chi connectivity index (χ4n) is 0.366. The Balaban J connectivity index is 4.35. The van der Waals surface area contributed by atoms with Crippen molar-refractivity contribution in [3.8, 4) is 0 Å². The molecule has 0 aliphatic carbocycles. The Kier molecular flexibility index (Phi) is 2.79. The molecular formula is C5H5F6. The van der Waals surface area contributed by atoms with Gasteiger partial charge in [0.1, 0.15) is 0 Å². The van der Waals surface area contributed by atoms with Crippen molar-refractivity contribution in [3.05, 3.63) is 6.92 Å². The van der Waals surface area contributed by atoms with Crippen molar-refractivity contribution in [2.45, 2.75) is 24.7 Å². The van der Waals surface area contributed by atoms with E-state index in [0.29, 0.717) is 0 Å². The molecule has 0 aromatic rings. The zero-order chi connectivity index (χ0) is 9.28. The third-order valence-electron chi connectivity index (χ3n) is 0.992. The number of alkyl halides is 6. The van der Waals surface area contributed by atoms with E-state index in [-0.39, 0.29) is 0 Å². The third kappa shape index (κ3) is 2.59. The minimum atomic E-state index is -5.51. The average Bonchev–Trinajstić information content (AvgIpc) is 1.84. The summed E-state index contributed by atoms with van der Waals surface area (Å²) in [4.78, 5) is 0. The second kappa shape index (κ2) is 2.91. The smallest absolute Gasteiger partial charge is 0.231 e. The molecule has 0 N–H and O–H groups in total. The molecule has 0 amide bonds. The van der Waals surface area contributed by atoms with Crippen LogP contribution in [0.2, 0.25) is 0 Å². The molecule has 1 radical (unpaired) electrons. The summed E-state index contributed by atoms with van der Waals surface area (Å²) >= 11 is 0. The summed E-state index contributed by atoms with van der Waals surface area (Å²) in [5, 5.41) is 0. The Labute approximate surface area is 59.2 Å². The molecule has 67 valence electrons. The van der Waals surface area contributed by atoms with Gasteiger partial charge in [-0.25, -0.2) is 13.2 Å². The predicted octanol–water partition coefficient (Wildman–Crippen LogP) is 2.75. The molecule has 0 saturated carbocycles. The molecular weight excluding hydrogens is 174 g/mol. The molecule has 0 heterocycles. The second-order valence-corrected chi connectivity index (χ2v) is 1.92. The van der Waals surface area contributed by atoms with Crippen LogP contribution in [0.5, 0.6) is 0 Å². The van der Waals surface area contributed by atoms with Gasteiger partial charge in [-0.05, 0) is 6.92 Å². The van der Waals surface area contributed by atoms with E-state index >= 15 is 0 Å². The molecule has 11 heavy (non-hydrogen) atoms. The molecule has 0 fully saturated rings. The molecule has 0 unspecified atom stereocenters. The SMILES string of the molecule is [CH2]CC(F)(F)[C@H](F)C(F)(F)F. The van der Waals surface area contributed by atoms with E-state index in [1.165, 1.54) is 0 Å². The van der Waals surface area contributed by atoms with Crippen LogP contribution in [-0.4, -0.2) is 18.3 Å². The molecule has 6 heteroatoms. The zero-order valence-corrected chi connectivity index (χ0v) is 5.26. The van der Waals surface area contributed by atoms with Crippen LogP contribution in [0.25, 0.3) is 0 Å². The molecule has 0 nitrogen and oxygen atoms in total. The van der Waals surface area contributed by atoms with Crippen molar-refractivity contribution in [3.63, 3.8) is 0 Å². The maximum Gasteiger partial charge on any atom is 0.425 e. The highest BCUT2D eigenvalue weighted by Gasteiger charge is 2.55. The number of hydrogen-bond donors (Lipinski definition) is 0. The number of halogens is 6. The molecule has 0 spiro atoms. The van der Waals surface area contributed by atoms with Gasteiger partial charge in [-0.1, -0.05) is 0 Å². The standard InChI is InChI=1S/C5H5F6/c1-2-4(7,8)3(6)5(9,10)11/h3H,1-2H2/t3-/m0/s1. The maximum atomic E-state index is 11.9. The van der Waals surface area contributed by atoms with Gasteiger partial charge in [-0.15, -0.1) is 0 Å². The highest BCUT2D eigenvalue weighted by molar-refractivity contribution is 4.83. The van der Waals surface area contributed by atoms with E-state index in [1.807, 2.05) is 0 Å². The maximum absolute atomic E-state index is 11.9. The third-order valence-corrected chi connectivity index (χ3v) is 0.992. The van der Waals surface area contributed by atoms with E-state index in [1.54, 1.807) is 0 Å². The zero-order valence-electron chi connectivity index (χ0n) is 5.26. The van der Waals surface area contributed by atoms with Gasteiger partial charge in [0.25, 0.3) is 12.1 Å². The summed E-state index contributed by atoms with van der Waals surface area (Å²) < 4.78 is 69.3. The Morgan fingerprint density at radius 1 is 1.09 bits per heavy atom. The van der Waals surface area contributed by atoms with Crippen LogP contribution < -0.4 is 0 Å². The highest BCUT2D eigenvalue weighted by Crippen LogP contribution is 2.36. The molecule has 0 rings (SSSR count). The van der Waals surface area contributed by atoms with Gasteiger partial charge >= 0.3 is 6.18 Å². The van der Waals surface area contributed by atoms with Crippen molar-refractivity contribution < 1.29 is 26.3 Å². The molecule has 1 atom stereocenters. The Bertz CT molecular complexity index is 125. The number of hydrogen-bond acceptors (Lipinski definition) is 0. The molecule has 0 aromatic heterocycles. The summed E-state index contributed by atoms with van der Waals surface area (Å²) in [6.45, 7) is 2.50. The summed E-state index contributed by atoms with van der Waals surface area (Å²) in [6.07, 6.45) is -11.0. The molecule has 0 saturated heterocycles. The van der Waals surface area contributed by atoms with Crippen LogP contribution in [0.1, 0.15) is 6.42 Å². The van der Waals surface area contributed by atoms with E-state index in [2.05, 4.69) is 6.92 Å². The van der Waals surface area contributed by atoms with E-state index in [4.69, 9.17) is 0 Å². The normalized spacial score (nSPS) is 16.6. The van der Waals surface area contributed by atoms with Gasteiger partial charge in [0.15, 0.2) is 0 Å². The first-order valence-electron chi connectivity index (χ1n) is 2.59. The summed E-state index contributed by atoms with van der Waals surface area (Å²) in [5.74, 6) is -4.42. The van der Waals surface area contributed by atoms with Gasteiger partial charge in [0, 0.05) is 6.42 Å². The van der Waals surface area contributed by atoms with Gasteiger partial charge in [0.05, 0.1) is 0 Å². The van der Waals surface area contributed by atoms with Gasteiger partial charge in [-0.2, -0.15) is 13.2 Å². The van der Waals surface area contributed by atoms with Crippen LogP contribution in [0.4, 0.5) is 26.3 Å². The minimum absolute atomic E-state index is 1.41. The number of rotatable bonds is 2. The summed E-state index contributed by atoms with van der Waals surface area (Å²) in [6, 6.07) is 0. The lowest BCUT2D eigenvalue weighted by Crippen LogP contribution is -2.41. The topological polar surface area (TPSA) is 0 Å². The first-order valence-corrected chi connectivity index (χ1v) is 2.59. The fourth-order valence-corrected chi connectivity index (χ4v) is 0.366. The quantitative estimate of drug-likeness (QED) is 0.571. The van der Waals surface area contributed by atoms with Crippen molar-refractivity contribution >= 4 is 0 Å². The van der Waals surface area contributed by atoms with Crippen molar-refractivity contribution in [1.29, 1.82) is 0 Å². The molecule has 0 aliphatic heterocycles. The first kappa shape index (κ1) is 10.6. The largest absolute Gasteiger partial charge is 0.425 e. The monoisotopic (exact) mass is 179 g/mol. The predicted molar refractivity (Wildman–Crippen MR) is 25.9 cm³/mol. The van der Waals surface area contributed by atoms with Crippen molar-refractivity contribution in [1.82, 2.24) is 0 Å². The Morgan fingerprint density at radius 2 is 1.45 bits per heavy atom. The molecule has 0 bridgehead atoms. The Hall–Kier alpha value is -0.420. The van der Waals surface area contributed by atoms with E-state index in [0.717, 1.165) is 0 Å². The van der Waals surface area contributed by atoms with Crippen LogP contribution >= 0.6 is 0 Å². The van der Waals surface area contributed by atoms with Gasteiger partial charge in [0.2, 0.25) is 0 Å². The van der Waals surface area contributed by atoms with E-state index in [9.17, 15) is 26.3 Å².